The molecule has 0 radical (unpaired) electrons. The fraction of sp³-hybridized carbons (Fsp3) is 0.900. The summed E-state index contributed by atoms with van der Waals surface area (Å²) in [5.74, 6) is -0.629. The van der Waals surface area contributed by atoms with E-state index in [1.54, 1.807) is 0 Å². The van der Waals surface area contributed by atoms with Crippen molar-refractivity contribution in [2.45, 2.75) is 46.5 Å². The van der Waals surface area contributed by atoms with Crippen molar-refractivity contribution in [2.75, 3.05) is 0 Å². The van der Waals surface area contributed by atoms with Crippen molar-refractivity contribution in [3.8, 4) is 0 Å². The maximum absolute atomic E-state index is 11.0. The van der Waals surface area contributed by atoms with E-state index in [1.165, 1.54) is 0 Å². The highest BCUT2D eigenvalue weighted by Crippen LogP contribution is 2.45. The van der Waals surface area contributed by atoms with Crippen molar-refractivity contribution in [1.29, 1.82) is 0 Å². The van der Waals surface area contributed by atoms with E-state index >= 15 is 0 Å². The molecule has 0 unspecified atom stereocenters. The monoisotopic (exact) mass is 170 g/mol. The van der Waals surface area contributed by atoms with Crippen LogP contribution in [-0.2, 0) is 4.79 Å². The zero-order chi connectivity index (χ0) is 9.41. The molecular weight excluding hydrogens is 152 g/mol. The van der Waals surface area contributed by atoms with Crippen LogP contribution in [0.3, 0.4) is 0 Å². The Labute approximate surface area is 74.0 Å². The molecule has 12 heavy (non-hydrogen) atoms. The number of carbonyl (C=O) groups is 1. The standard InChI is InChI=1S/C10H18O2/c1-9(2)5-4-6-10(3,7-9)8(11)12/h4-7H2,1-3H3,(H,11,12)/t10-/m0/s1. The Morgan fingerprint density at radius 3 is 2.17 bits per heavy atom. The molecule has 0 aromatic heterocycles. The Morgan fingerprint density at radius 1 is 1.25 bits per heavy atom. The van der Waals surface area contributed by atoms with E-state index in [0.29, 0.717) is 0 Å². The molecule has 70 valence electrons. The van der Waals surface area contributed by atoms with E-state index in [2.05, 4.69) is 13.8 Å². The SMILES string of the molecule is CC1(C)CCC[C@](C)(C(=O)O)C1. The molecule has 2 nitrogen and oxygen atoms in total. The topological polar surface area (TPSA) is 37.3 Å². The quantitative estimate of drug-likeness (QED) is 0.657. The number of rotatable bonds is 1. The third-order valence-electron chi connectivity index (χ3n) is 2.97. The minimum atomic E-state index is -0.629. The average molecular weight is 170 g/mol. The van der Waals surface area contributed by atoms with Gasteiger partial charge in [-0.2, -0.15) is 0 Å². The minimum absolute atomic E-state index is 0.214. The Bertz CT molecular complexity index is 196. The summed E-state index contributed by atoms with van der Waals surface area (Å²) in [5, 5.41) is 9.03. The van der Waals surface area contributed by atoms with Gasteiger partial charge >= 0.3 is 5.97 Å². The fourth-order valence-corrected chi connectivity index (χ4v) is 2.37. The number of carboxylic acid groups (broad SMARTS) is 1. The molecule has 1 saturated carbocycles. The van der Waals surface area contributed by atoms with Gasteiger partial charge in [0.2, 0.25) is 0 Å². The summed E-state index contributed by atoms with van der Waals surface area (Å²) in [6, 6.07) is 0. The van der Waals surface area contributed by atoms with Crippen LogP contribution in [0.4, 0.5) is 0 Å². The Morgan fingerprint density at radius 2 is 1.83 bits per heavy atom. The molecule has 0 saturated heterocycles. The van der Waals surface area contributed by atoms with Crippen LogP contribution in [0.2, 0.25) is 0 Å². The third kappa shape index (κ3) is 1.79. The molecule has 0 spiro atoms. The number of carboxylic acids is 1. The lowest BCUT2D eigenvalue weighted by Gasteiger charge is -2.39. The summed E-state index contributed by atoms with van der Waals surface area (Å²) in [6.45, 7) is 6.19. The van der Waals surface area contributed by atoms with Crippen molar-refractivity contribution < 1.29 is 9.90 Å². The van der Waals surface area contributed by atoms with Crippen molar-refractivity contribution in [3.05, 3.63) is 0 Å². The molecule has 1 atom stereocenters. The molecule has 0 aromatic rings. The van der Waals surface area contributed by atoms with Crippen LogP contribution in [0.15, 0.2) is 0 Å². The molecule has 1 rings (SSSR count). The van der Waals surface area contributed by atoms with Crippen molar-refractivity contribution in [3.63, 3.8) is 0 Å². The molecule has 1 aliphatic carbocycles. The van der Waals surface area contributed by atoms with E-state index in [4.69, 9.17) is 5.11 Å². The highest BCUT2D eigenvalue weighted by atomic mass is 16.4. The van der Waals surface area contributed by atoms with Gasteiger partial charge in [-0.15, -0.1) is 0 Å². The summed E-state index contributed by atoms with van der Waals surface area (Å²) >= 11 is 0. The maximum Gasteiger partial charge on any atom is 0.309 e. The minimum Gasteiger partial charge on any atom is -0.481 e. The van der Waals surface area contributed by atoms with Gasteiger partial charge in [-0.1, -0.05) is 20.3 Å². The van der Waals surface area contributed by atoms with Crippen molar-refractivity contribution in [1.82, 2.24) is 0 Å². The zero-order valence-electron chi connectivity index (χ0n) is 8.18. The summed E-state index contributed by atoms with van der Waals surface area (Å²) in [5.41, 5.74) is -0.257. The first-order valence-electron chi connectivity index (χ1n) is 4.59. The Balaban J connectivity index is 2.74. The molecular formula is C10H18O2. The van der Waals surface area contributed by atoms with Crippen LogP contribution in [-0.4, -0.2) is 11.1 Å². The summed E-state index contributed by atoms with van der Waals surface area (Å²) in [6.07, 6.45) is 3.87. The van der Waals surface area contributed by atoms with Gasteiger partial charge in [0, 0.05) is 0 Å². The Hall–Kier alpha value is -0.530. The van der Waals surface area contributed by atoms with Gasteiger partial charge in [0.15, 0.2) is 0 Å². The fourth-order valence-electron chi connectivity index (χ4n) is 2.37. The third-order valence-corrected chi connectivity index (χ3v) is 2.97. The highest BCUT2D eigenvalue weighted by Gasteiger charge is 2.41. The van der Waals surface area contributed by atoms with E-state index in [1.807, 2.05) is 6.92 Å². The van der Waals surface area contributed by atoms with Crippen LogP contribution in [0, 0.1) is 10.8 Å². The van der Waals surface area contributed by atoms with Gasteiger partial charge in [-0.3, -0.25) is 4.79 Å². The number of aliphatic carboxylic acids is 1. The average Bonchev–Trinajstić information content (AvgIpc) is 1.83. The van der Waals surface area contributed by atoms with E-state index in [0.717, 1.165) is 25.7 Å². The molecule has 1 fully saturated rings. The molecule has 0 bridgehead atoms. The molecule has 0 heterocycles. The summed E-state index contributed by atoms with van der Waals surface area (Å²) < 4.78 is 0. The molecule has 0 amide bonds. The summed E-state index contributed by atoms with van der Waals surface area (Å²) in [4.78, 5) is 11.0. The van der Waals surface area contributed by atoms with E-state index < -0.39 is 11.4 Å². The van der Waals surface area contributed by atoms with E-state index in [-0.39, 0.29) is 5.41 Å². The van der Waals surface area contributed by atoms with Crippen molar-refractivity contribution >= 4 is 5.97 Å². The second-order valence-corrected chi connectivity index (χ2v) is 5.06. The van der Waals surface area contributed by atoms with Crippen LogP contribution < -0.4 is 0 Å². The first kappa shape index (κ1) is 9.56. The van der Waals surface area contributed by atoms with Crippen LogP contribution in [0.25, 0.3) is 0 Å². The van der Waals surface area contributed by atoms with Crippen molar-refractivity contribution in [2.24, 2.45) is 10.8 Å². The lowest BCUT2D eigenvalue weighted by Crippen LogP contribution is -2.36. The van der Waals surface area contributed by atoms with Gasteiger partial charge in [-0.05, 0) is 31.6 Å². The second-order valence-electron chi connectivity index (χ2n) is 5.06. The Kier molecular flexibility index (Phi) is 2.19. The molecule has 1 aliphatic rings. The number of hydrogen-bond acceptors (Lipinski definition) is 1. The predicted molar refractivity (Wildman–Crippen MR) is 48.0 cm³/mol. The molecule has 0 aliphatic heterocycles. The normalized spacial score (nSPS) is 34.6. The van der Waals surface area contributed by atoms with Gasteiger partial charge in [0.05, 0.1) is 5.41 Å². The first-order valence-corrected chi connectivity index (χ1v) is 4.59. The molecule has 0 aromatic carbocycles. The summed E-state index contributed by atoms with van der Waals surface area (Å²) in [7, 11) is 0. The maximum atomic E-state index is 11.0. The smallest absolute Gasteiger partial charge is 0.309 e. The van der Waals surface area contributed by atoms with Gasteiger partial charge in [0.1, 0.15) is 0 Å². The lowest BCUT2D eigenvalue weighted by atomic mass is 9.64. The van der Waals surface area contributed by atoms with Gasteiger partial charge < -0.3 is 5.11 Å². The highest BCUT2D eigenvalue weighted by molar-refractivity contribution is 5.74. The number of hydrogen-bond donors (Lipinski definition) is 1. The van der Waals surface area contributed by atoms with Crippen LogP contribution in [0.1, 0.15) is 46.5 Å². The largest absolute Gasteiger partial charge is 0.481 e. The second kappa shape index (κ2) is 2.75. The van der Waals surface area contributed by atoms with Gasteiger partial charge in [0.25, 0.3) is 0 Å². The van der Waals surface area contributed by atoms with Crippen LogP contribution >= 0.6 is 0 Å². The lowest BCUT2D eigenvalue weighted by molar-refractivity contribution is -0.152. The zero-order valence-corrected chi connectivity index (χ0v) is 8.18. The van der Waals surface area contributed by atoms with E-state index in [9.17, 15) is 4.79 Å². The predicted octanol–water partition coefficient (Wildman–Crippen LogP) is 2.68. The molecule has 1 N–H and O–H groups in total. The first-order chi connectivity index (χ1) is 5.36. The van der Waals surface area contributed by atoms with Crippen LogP contribution in [0.5, 0.6) is 0 Å². The van der Waals surface area contributed by atoms with Gasteiger partial charge in [-0.25, -0.2) is 0 Å². The molecule has 2 heteroatoms.